The van der Waals surface area contributed by atoms with Gasteiger partial charge in [0.2, 0.25) is 0 Å². The van der Waals surface area contributed by atoms with Crippen molar-refractivity contribution in [2.24, 2.45) is 5.92 Å². The highest BCUT2D eigenvalue weighted by Crippen LogP contribution is 2.35. The first-order chi connectivity index (χ1) is 7.72. The minimum absolute atomic E-state index is 0.150. The van der Waals surface area contributed by atoms with E-state index >= 15 is 0 Å². The van der Waals surface area contributed by atoms with Gasteiger partial charge in [0, 0.05) is 16.7 Å². The lowest BCUT2D eigenvalue weighted by Gasteiger charge is -2.21. The molecule has 3 nitrogen and oxygen atoms in total. The highest BCUT2D eigenvalue weighted by Gasteiger charge is 2.28. The summed E-state index contributed by atoms with van der Waals surface area (Å²) in [5.41, 5.74) is 0.653. The molecule has 0 aliphatic carbocycles. The standard InChI is InChI=1S/C13H21NO2S/c1-8(2)6-10-14-9(3)12(17-10)13(4,5)7-11(15)16/h8H,6-7H2,1-5H3,(H,15,16). The van der Waals surface area contributed by atoms with Crippen LogP contribution < -0.4 is 0 Å². The zero-order valence-corrected chi connectivity index (χ0v) is 12.0. The average Bonchev–Trinajstić information content (AvgIpc) is 2.43. The number of carbonyl (C=O) groups is 1. The van der Waals surface area contributed by atoms with Crippen LogP contribution in [-0.2, 0) is 16.6 Å². The van der Waals surface area contributed by atoms with Gasteiger partial charge in [-0.25, -0.2) is 4.98 Å². The molecule has 0 spiro atoms. The summed E-state index contributed by atoms with van der Waals surface area (Å²) in [4.78, 5) is 16.5. The van der Waals surface area contributed by atoms with Crippen LogP contribution in [0.3, 0.4) is 0 Å². The van der Waals surface area contributed by atoms with E-state index in [9.17, 15) is 4.79 Å². The van der Waals surface area contributed by atoms with Crippen molar-refractivity contribution in [3.63, 3.8) is 0 Å². The third kappa shape index (κ3) is 3.80. The monoisotopic (exact) mass is 255 g/mol. The van der Waals surface area contributed by atoms with Crippen LogP contribution in [0, 0.1) is 12.8 Å². The van der Waals surface area contributed by atoms with Crippen molar-refractivity contribution in [2.45, 2.75) is 52.9 Å². The highest BCUT2D eigenvalue weighted by molar-refractivity contribution is 7.11. The number of hydrogen-bond acceptors (Lipinski definition) is 3. The van der Waals surface area contributed by atoms with Gasteiger partial charge in [-0.15, -0.1) is 11.3 Å². The number of carboxylic acid groups (broad SMARTS) is 1. The summed E-state index contributed by atoms with van der Waals surface area (Å²) in [5.74, 6) is -0.177. The predicted molar refractivity (Wildman–Crippen MR) is 70.7 cm³/mol. The first-order valence-corrected chi connectivity index (χ1v) is 6.72. The van der Waals surface area contributed by atoms with E-state index in [1.807, 2.05) is 20.8 Å². The molecule has 1 rings (SSSR count). The molecule has 1 aromatic heterocycles. The molecule has 4 heteroatoms. The first-order valence-electron chi connectivity index (χ1n) is 5.91. The van der Waals surface area contributed by atoms with E-state index in [4.69, 9.17) is 5.11 Å². The third-order valence-electron chi connectivity index (χ3n) is 2.63. The van der Waals surface area contributed by atoms with Crippen molar-refractivity contribution in [1.82, 2.24) is 4.98 Å². The van der Waals surface area contributed by atoms with E-state index in [0.717, 1.165) is 22.0 Å². The van der Waals surface area contributed by atoms with Crippen LogP contribution >= 0.6 is 11.3 Å². The molecule has 1 heterocycles. The number of aromatic nitrogens is 1. The van der Waals surface area contributed by atoms with E-state index in [2.05, 4.69) is 18.8 Å². The number of aliphatic carboxylic acids is 1. The van der Waals surface area contributed by atoms with Gasteiger partial charge in [-0.05, 0) is 12.8 Å². The fourth-order valence-electron chi connectivity index (χ4n) is 1.98. The molecule has 96 valence electrons. The minimum Gasteiger partial charge on any atom is -0.481 e. The first kappa shape index (κ1) is 14.2. The Labute approximate surface area is 107 Å². The number of hydrogen-bond donors (Lipinski definition) is 1. The quantitative estimate of drug-likeness (QED) is 0.877. The van der Waals surface area contributed by atoms with Crippen molar-refractivity contribution >= 4 is 17.3 Å². The summed E-state index contributed by atoms with van der Waals surface area (Å²) in [7, 11) is 0. The molecule has 0 aliphatic rings. The third-order valence-corrected chi connectivity index (χ3v) is 4.18. The molecule has 0 amide bonds. The van der Waals surface area contributed by atoms with Gasteiger partial charge >= 0.3 is 5.97 Å². The topological polar surface area (TPSA) is 50.2 Å². The van der Waals surface area contributed by atoms with Crippen LogP contribution in [0.25, 0.3) is 0 Å². The van der Waals surface area contributed by atoms with E-state index in [-0.39, 0.29) is 11.8 Å². The lowest BCUT2D eigenvalue weighted by atomic mass is 9.87. The summed E-state index contributed by atoms with van der Waals surface area (Å²) < 4.78 is 0. The van der Waals surface area contributed by atoms with Crippen molar-refractivity contribution in [3.05, 3.63) is 15.6 Å². The SMILES string of the molecule is Cc1nc(CC(C)C)sc1C(C)(C)CC(=O)O. The Morgan fingerprint density at radius 2 is 2.06 bits per heavy atom. The maximum absolute atomic E-state index is 10.9. The van der Waals surface area contributed by atoms with Gasteiger partial charge in [-0.2, -0.15) is 0 Å². The second-order valence-corrected chi connectivity index (χ2v) is 6.66. The Hall–Kier alpha value is -0.900. The van der Waals surface area contributed by atoms with Crippen LogP contribution in [0.1, 0.15) is 49.7 Å². The van der Waals surface area contributed by atoms with Crippen LogP contribution in [0.5, 0.6) is 0 Å². The smallest absolute Gasteiger partial charge is 0.304 e. The summed E-state index contributed by atoms with van der Waals surface area (Å²) >= 11 is 1.66. The molecule has 0 aromatic carbocycles. The van der Waals surface area contributed by atoms with E-state index in [0.29, 0.717) is 5.92 Å². The van der Waals surface area contributed by atoms with Crippen molar-refractivity contribution in [1.29, 1.82) is 0 Å². The molecule has 1 aromatic rings. The van der Waals surface area contributed by atoms with Gasteiger partial charge in [0.1, 0.15) is 0 Å². The molecule has 0 unspecified atom stereocenters. The second kappa shape index (κ2) is 5.17. The second-order valence-electron chi connectivity index (χ2n) is 5.57. The fourth-order valence-corrected chi connectivity index (χ4v) is 3.35. The summed E-state index contributed by atoms with van der Waals surface area (Å²) in [6.07, 6.45) is 1.12. The minimum atomic E-state index is -0.756. The molecular formula is C13H21NO2S. The number of nitrogens with zero attached hydrogens (tertiary/aromatic N) is 1. The summed E-state index contributed by atoms with van der Waals surface area (Å²) in [5, 5.41) is 10.1. The predicted octanol–water partition coefficient (Wildman–Crippen LogP) is 3.40. The molecule has 0 atom stereocenters. The van der Waals surface area contributed by atoms with Crippen molar-refractivity contribution in [2.75, 3.05) is 0 Å². The van der Waals surface area contributed by atoms with Gasteiger partial charge in [0.15, 0.2) is 0 Å². The Morgan fingerprint density at radius 1 is 1.47 bits per heavy atom. The summed E-state index contributed by atoms with van der Waals surface area (Å²) in [6, 6.07) is 0. The molecule has 0 saturated heterocycles. The number of thiazole rings is 1. The van der Waals surface area contributed by atoms with E-state index in [1.54, 1.807) is 11.3 Å². The maximum atomic E-state index is 10.9. The van der Waals surface area contributed by atoms with Crippen LogP contribution in [0.4, 0.5) is 0 Å². The largest absolute Gasteiger partial charge is 0.481 e. The molecular weight excluding hydrogens is 234 g/mol. The van der Waals surface area contributed by atoms with E-state index < -0.39 is 5.97 Å². The number of carboxylic acids is 1. The molecule has 0 aliphatic heterocycles. The van der Waals surface area contributed by atoms with Gasteiger partial charge < -0.3 is 5.11 Å². The van der Waals surface area contributed by atoms with Crippen molar-refractivity contribution < 1.29 is 9.90 Å². The fraction of sp³-hybridized carbons (Fsp3) is 0.692. The average molecular weight is 255 g/mol. The maximum Gasteiger partial charge on any atom is 0.304 e. The zero-order chi connectivity index (χ0) is 13.2. The van der Waals surface area contributed by atoms with Crippen LogP contribution in [0.15, 0.2) is 0 Å². The Kier molecular flexibility index (Phi) is 4.31. The van der Waals surface area contributed by atoms with Crippen molar-refractivity contribution in [3.8, 4) is 0 Å². The van der Waals surface area contributed by atoms with Gasteiger partial charge in [0.25, 0.3) is 0 Å². The molecule has 17 heavy (non-hydrogen) atoms. The lowest BCUT2D eigenvalue weighted by Crippen LogP contribution is -2.21. The number of aryl methyl sites for hydroxylation is 1. The molecule has 0 fully saturated rings. The molecule has 0 saturated carbocycles. The Bertz CT molecular complexity index is 408. The Balaban J connectivity index is 2.97. The zero-order valence-electron chi connectivity index (χ0n) is 11.2. The van der Waals surface area contributed by atoms with Gasteiger partial charge in [0.05, 0.1) is 17.1 Å². The summed E-state index contributed by atoms with van der Waals surface area (Å²) in [6.45, 7) is 10.2. The van der Waals surface area contributed by atoms with Crippen LogP contribution in [0.2, 0.25) is 0 Å². The highest BCUT2D eigenvalue weighted by atomic mass is 32.1. The number of rotatable bonds is 5. The van der Waals surface area contributed by atoms with E-state index in [1.165, 1.54) is 0 Å². The lowest BCUT2D eigenvalue weighted by molar-refractivity contribution is -0.138. The van der Waals surface area contributed by atoms with Crippen LogP contribution in [-0.4, -0.2) is 16.1 Å². The molecule has 0 bridgehead atoms. The molecule has 1 N–H and O–H groups in total. The Morgan fingerprint density at radius 3 is 2.53 bits per heavy atom. The van der Waals surface area contributed by atoms with Gasteiger partial charge in [-0.3, -0.25) is 4.79 Å². The van der Waals surface area contributed by atoms with Gasteiger partial charge in [-0.1, -0.05) is 27.7 Å². The molecule has 0 radical (unpaired) electrons. The normalized spacial score (nSPS) is 12.1.